The van der Waals surface area contributed by atoms with Gasteiger partial charge in [0.15, 0.2) is 0 Å². The maximum absolute atomic E-state index is 11.7. The van der Waals surface area contributed by atoms with Crippen LogP contribution in [-0.2, 0) is 0 Å². The van der Waals surface area contributed by atoms with Gasteiger partial charge >= 0.3 is 0 Å². The van der Waals surface area contributed by atoms with E-state index < -0.39 is 0 Å². The van der Waals surface area contributed by atoms with Gasteiger partial charge in [-0.3, -0.25) is 4.63 Å². The van der Waals surface area contributed by atoms with Crippen LogP contribution in [0.15, 0.2) is 40.0 Å². The van der Waals surface area contributed by atoms with E-state index in [1.165, 1.54) is 0 Å². The molecule has 1 saturated heterocycles. The van der Waals surface area contributed by atoms with Crippen molar-refractivity contribution in [1.82, 2.24) is 10.5 Å². The van der Waals surface area contributed by atoms with Gasteiger partial charge in [-0.25, -0.2) is 0 Å². The Hall–Kier alpha value is -1.53. The topological polar surface area (TPSA) is 65.0 Å². The van der Waals surface area contributed by atoms with Gasteiger partial charge in [-0.2, -0.15) is 0 Å². The number of rotatable bonds is 3. The molecule has 0 amide bonds. The Balaban J connectivity index is 1.86. The summed E-state index contributed by atoms with van der Waals surface area (Å²) in [6.45, 7) is 2.00. The molecule has 1 aromatic carbocycles. The molecular weight excluding hydrogens is 262 g/mol. The summed E-state index contributed by atoms with van der Waals surface area (Å²) < 4.78 is 4.77. The van der Waals surface area contributed by atoms with Crippen molar-refractivity contribution in [3.8, 4) is 11.3 Å². The molecule has 1 aromatic heterocycles. The molecule has 100 valence electrons. The van der Waals surface area contributed by atoms with Crippen LogP contribution in [0.5, 0.6) is 0 Å². The van der Waals surface area contributed by atoms with E-state index in [1.54, 1.807) is 11.8 Å². The van der Waals surface area contributed by atoms with E-state index in [4.69, 9.17) is 4.63 Å². The lowest BCUT2D eigenvalue weighted by molar-refractivity contribution is -0.831. The summed E-state index contributed by atoms with van der Waals surface area (Å²) in [6, 6.07) is 9.67. The minimum Gasteiger partial charge on any atom is -0.359 e. The Bertz CT molecular complexity index is 538. The van der Waals surface area contributed by atoms with Crippen molar-refractivity contribution in [3.05, 3.63) is 35.5 Å². The third-order valence-corrected chi connectivity index (χ3v) is 4.56. The van der Waals surface area contributed by atoms with Crippen molar-refractivity contribution in [2.75, 3.05) is 13.1 Å². The molecule has 6 heteroatoms. The number of nitrogens with one attached hydrogen (secondary N) is 1. The Morgan fingerprint density at radius 3 is 2.74 bits per heavy atom. The van der Waals surface area contributed by atoms with Crippen molar-refractivity contribution in [1.29, 1.82) is 0 Å². The summed E-state index contributed by atoms with van der Waals surface area (Å²) >= 11 is 1.57. The maximum Gasteiger partial charge on any atom is 0.262 e. The number of hydrogen-bond acceptors (Lipinski definition) is 5. The lowest BCUT2D eigenvalue weighted by Gasteiger charge is -2.20. The molecule has 0 spiro atoms. The molecular formula is C13H15N3O2S. The average Bonchev–Trinajstić information content (AvgIpc) is 2.82. The molecule has 1 aliphatic rings. The van der Waals surface area contributed by atoms with Gasteiger partial charge in [0.2, 0.25) is 0 Å². The van der Waals surface area contributed by atoms with Gasteiger partial charge in [-0.15, -0.1) is 0 Å². The highest BCUT2D eigenvalue weighted by Gasteiger charge is 2.26. The minimum absolute atomic E-state index is 0.448. The zero-order valence-corrected chi connectivity index (χ0v) is 11.2. The first-order chi connectivity index (χ1) is 9.34. The number of hydrogen-bond donors (Lipinski definition) is 1. The average molecular weight is 277 g/mol. The predicted molar refractivity (Wildman–Crippen MR) is 72.6 cm³/mol. The number of benzene rings is 1. The Kier molecular flexibility index (Phi) is 3.70. The van der Waals surface area contributed by atoms with E-state index in [-0.39, 0.29) is 0 Å². The second-order valence-electron chi connectivity index (χ2n) is 4.52. The summed E-state index contributed by atoms with van der Waals surface area (Å²) in [5, 5.41) is 20.0. The van der Waals surface area contributed by atoms with Crippen LogP contribution in [0.3, 0.4) is 0 Å². The highest BCUT2D eigenvalue weighted by atomic mass is 32.2. The van der Waals surface area contributed by atoms with Crippen molar-refractivity contribution < 1.29 is 9.53 Å². The SMILES string of the molecule is [O-][n+]1onc(-c2ccccc2)c1SC1CCNCC1. The smallest absolute Gasteiger partial charge is 0.262 e. The van der Waals surface area contributed by atoms with Crippen molar-refractivity contribution in [3.63, 3.8) is 0 Å². The van der Waals surface area contributed by atoms with Crippen LogP contribution >= 0.6 is 11.8 Å². The predicted octanol–water partition coefficient (Wildman–Crippen LogP) is 1.82. The molecule has 2 aromatic rings. The Labute approximate surface area is 115 Å². The molecule has 0 unspecified atom stereocenters. The summed E-state index contributed by atoms with van der Waals surface area (Å²) in [5.41, 5.74) is 1.55. The lowest BCUT2D eigenvalue weighted by atomic mass is 10.2. The largest absolute Gasteiger partial charge is 0.359 e. The normalized spacial score (nSPS) is 16.6. The van der Waals surface area contributed by atoms with Crippen LogP contribution in [0.2, 0.25) is 0 Å². The van der Waals surface area contributed by atoms with E-state index in [2.05, 4.69) is 10.5 Å². The summed E-state index contributed by atoms with van der Waals surface area (Å²) in [4.78, 5) is 0.523. The highest BCUT2D eigenvalue weighted by Crippen LogP contribution is 2.32. The van der Waals surface area contributed by atoms with Crippen molar-refractivity contribution in [2.45, 2.75) is 23.1 Å². The Morgan fingerprint density at radius 2 is 2.00 bits per heavy atom. The van der Waals surface area contributed by atoms with Gasteiger partial charge in [0.1, 0.15) is 0 Å². The van der Waals surface area contributed by atoms with Gasteiger partial charge in [0.05, 0.1) is 0 Å². The first-order valence-electron chi connectivity index (χ1n) is 6.37. The van der Waals surface area contributed by atoms with Crippen LogP contribution < -0.4 is 10.2 Å². The van der Waals surface area contributed by atoms with Gasteiger partial charge in [0.25, 0.3) is 10.7 Å². The second-order valence-corrected chi connectivity index (χ2v) is 5.81. The number of thioether (sulfide) groups is 1. The van der Waals surface area contributed by atoms with Gasteiger partial charge in [-0.05, 0) is 30.8 Å². The van der Waals surface area contributed by atoms with Crippen LogP contribution in [0.25, 0.3) is 11.3 Å². The van der Waals surface area contributed by atoms with Crippen LogP contribution in [0.4, 0.5) is 0 Å². The standard InChI is InChI=1S/C13H15N3O2S/c17-16-13(19-11-6-8-14-9-7-11)12(15-18-16)10-4-2-1-3-5-10/h1-5,11,14H,6-9H2. The summed E-state index contributed by atoms with van der Waals surface area (Å²) in [5.74, 6) is 0. The number of nitrogens with zero attached hydrogens (tertiary/aromatic N) is 2. The Morgan fingerprint density at radius 1 is 1.26 bits per heavy atom. The van der Waals surface area contributed by atoms with Gasteiger partial charge in [0, 0.05) is 16.0 Å². The molecule has 1 N–H and O–H groups in total. The molecule has 0 atom stereocenters. The molecule has 2 heterocycles. The fourth-order valence-electron chi connectivity index (χ4n) is 2.18. The molecule has 0 bridgehead atoms. The minimum atomic E-state index is 0.448. The van der Waals surface area contributed by atoms with Crippen LogP contribution in [0, 0.1) is 5.21 Å². The first kappa shape index (κ1) is 12.5. The van der Waals surface area contributed by atoms with Gasteiger partial charge < -0.3 is 10.5 Å². The third-order valence-electron chi connectivity index (χ3n) is 3.19. The summed E-state index contributed by atoms with van der Waals surface area (Å²) in [7, 11) is 0. The fourth-order valence-corrected chi connectivity index (χ4v) is 3.36. The third kappa shape index (κ3) is 2.74. The summed E-state index contributed by atoms with van der Waals surface area (Å²) in [6.07, 6.45) is 2.12. The number of aromatic nitrogens is 2. The zero-order valence-electron chi connectivity index (χ0n) is 10.4. The fraction of sp³-hybridized carbons (Fsp3) is 0.385. The van der Waals surface area contributed by atoms with Crippen LogP contribution in [-0.4, -0.2) is 23.5 Å². The quantitative estimate of drug-likeness (QED) is 0.867. The lowest BCUT2D eigenvalue weighted by Crippen LogP contribution is -2.31. The van der Waals surface area contributed by atoms with Crippen LogP contribution in [0.1, 0.15) is 12.8 Å². The molecule has 0 saturated carbocycles. The van der Waals surface area contributed by atoms with E-state index in [1.807, 2.05) is 30.3 Å². The monoisotopic (exact) mass is 277 g/mol. The molecule has 1 aliphatic heterocycles. The molecule has 3 rings (SSSR count). The van der Waals surface area contributed by atoms with E-state index in [0.29, 0.717) is 20.9 Å². The van der Waals surface area contributed by atoms with E-state index in [9.17, 15) is 5.21 Å². The first-order valence-corrected chi connectivity index (χ1v) is 7.25. The van der Waals surface area contributed by atoms with E-state index in [0.717, 1.165) is 31.5 Å². The highest BCUT2D eigenvalue weighted by molar-refractivity contribution is 7.99. The zero-order chi connectivity index (χ0) is 13.1. The van der Waals surface area contributed by atoms with E-state index >= 15 is 0 Å². The molecule has 1 fully saturated rings. The van der Waals surface area contributed by atoms with Crippen molar-refractivity contribution >= 4 is 11.8 Å². The molecule has 0 aliphatic carbocycles. The van der Waals surface area contributed by atoms with Crippen molar-refractivity contribution in [2.24, 2.45) is 0 Å². The molecule has 5 nitrogen and oxygen atoms in total. The maximum atomic E-state index is 11.7. The molecule has 19 heavy (non-hydrogen) atoms. The van der Waals surface area contributed by atoms with Gasteiger partial charge in [-0.1, -0.05) is 42.1 Å². The second kappa shape index (κ2) is 5.63. The number of piperidine rings is 1. The molecule has 0 radical (unpaired) electrons.